The molecule has 2 unspecified atom stereocenters. The highest BCUT2D eigenvalue weighted by molar-refractivity contribution is 7.91. The Hall–Kier alpha value is -2.17. The van der Waals surface area contributed by atoms with Gasteiger partial charge in [0, 0.05) is 37.6 Å². The summed E-state index contributed by atoms with van der Waals surface area (Å²) < 4.78 is 35.2. The molecule has 11 atom stereocenters. The normalized spacial score (nSPS) is 42.9. The number of carbonyl (C=O) groups is 2. The molecular weight excluding hydrogens is 747 g/mol. The zero-order valence-corrected chi connectivity index (χ0v) is 38.5. The first-order valence-corrected chi connectivity index (χ1v) is 24.7. The number of ether oxygens (including phenoxy) is 2. The fraction of sp³-hybridized carbons (Fsp3) is 0.833. The molecule has 0 spiro atoms. The lowest BCUT2D eigenvalue weighted by Gasteiger charge is -2.72. The van der Waals surface area contributed by atoms with E-state index in [1.807, 2.05) is 20.8 Å². The zero-order chi connectivity index (χ0) is 42.3. The van der Waals surface area contributed by atoms with Crippen molar-refractivity contribution in [3.05, 3.63) is 36.0 Å². The Bertz CT molecular complexity index is 1800. The third kappa shape index (κ3) is 7.36. The number of hydrogen-bond acceptors (Lipinski definition) is 8. The number of amides is 1. The Balaban J connectivity index is 1.09. The van der Waals surface area contributed by atoms with Gasteiger partial charge in [-0.2, -0.15) is 0 Å². The first-order chi connectivity index (χ1) is 27.0. The molecule has 0 aromatic heterocycles. The van der Waals surface area contributed by atoms with Crippen molar-refractivity contribution in [2.24, 2.45) is 57.2 Å². The molecule has 326 valence electrons. The van der Waals surface area contributed by atoms with E-state index in [0.29, 0.717) is 49.1 Å². The molecule has 0 aromatic carbocycles. The van der Waals surface area contributed by atoms with E-state index in [2.05, 4.69) is 81.9 Å². The minimum Gasteiger partial charge on any atom is -0.464 e. The molecule has 5 saturated carbocycles. The Kier molecular flexibility index (Phi) is 11.4. The summed E-state index contributed by atoms with van der Waals surface area (Å²) >= 11 is 0. The number of allylic oxidation sites excluding steroid dienone is 4. The van der Waals surface area contributed by atoms with Gasteiger partial charge in [-0.25, -0.2) is 18.0 Å². The first-order valence-electron chi connectivity index (χ1n) is 22.9. The quantitative estimate of drug-likeness (QED) is 0.166. The van der Waals surface area contributed by atoms with Gasteiger partial charge >= 0.3 is 12.1 Å². The minimum atomic E-state index is -2.88. The number of carbonyl (C=O) groups excluding carboxylic acids is 2. The molecule has 2 N–H and O–H groups in total. The molecule has 1 saturated heterocycles. The smallest absolute Gasteiger partial charge is 0.408 e. The minimum absolute atomic E-state index is 0.0384. The highest BCUT2D eigenvalue weighted by atomic mass is 32.2. The Morgan fingerprint density at radius 2 is 1.67 bits per heavy atom. The lowest BCUT2D eigenvalue weighted by Crippen LogP contribution is -2.68. The maximum absolute atomic E-state index is 13.2. The summed E-state index contributed by atoms with van der Waals surface area (Å²) in [5.74, 6) is 3.00. The number of nitrogens with zero attached hydrogens (tertiary/aromatic N) is 1. The molecule has 1 aliphatic heterocycles. The number of esters is 1. The molecule has 7 rings (SSSR count). The van der Waals surface area contributed by atoms with Crippen LogP contribution in [0.4, 0.5) is 4.79 Å². The van der Waals surface area contributed by atoms with Crippen LogP contribution in [0, 0.1) is 57.2 Å². The van der Waals surface area contributed by atoms with Crippen molar-refractivity contribution in [1.29, 1.82) is 0 Å². The van der Waals surface area contributed by atoms with Gasteiger partial charge in [0.2, 0.25) is 0 Å². The van der Waals surface area contributed by atoms with Crippen molar-refractivity contribution in [3.63, 3.8) is 0 Å². The second-order valence-corrected chi connectivity index (χ2v) is 24.6. The van der Waals surface area contributed by atoms with E-state index in [-0.39, 0.29) is 51.2 Å². The summed E-state index contributed by atoms with van der Waals surface area (Å²) in [6.45, 7) is 30.5. The number of nitrogens with one attached hydrogen (secondary N) is 2. The maximum atomic E-state index is 13.2. The second kappa shape index (κ2) is 15.0. The predicted octanol–water partition coefficient (Wildman–Crippen LogP) is 8.66. The number of sulfone groups is 1. The van der Waals surface area contributed by atoms with Crippen LogP contribution >= 0.6 is 0 Å². The van der Waals surface area contributed by atoms with Gasteiger partial charge in [-0.3, -0.25) is 0 Å². The van der Waals surface area contributed by atoms with Crippen molar-refractivity contribution in [2.45, 2.75) is 150 Å². The lowest BCUT2D eigenvalue weighted by molar-refractivity contribution is -0.221. The van der Waals surface area contributed by atoms with E-state index < -0.39 is 33.0 Å². The van der Waals surface area contributed by atoms with E-state index in [0.717, 1.165) is 19.5 Å². The molecule has 9 nitrogen and oxygen atoms in total. The van der Waals surface area contributed by atoms with Crippen LogP contribution in [-0.2, 0) is 24.1 Å². The van der Waals surface area contributed by atoms with E-state index in [4.69, 9.17) is 9.47 Å². The molecule has 6 aliphatic carbocycles. The highest BCUT2D eigenvalue weighted by Gasteiger charge is 2.70. The SMILES string of the molecule is C=C(C)[C@@H]1CC[C@]2(NCCN3CCS(=O)(=O)CC3)CC[C@]3(C)[C@H](CC[C@@H]4[C@@]5(C)CC=C(/C=C/C6CC6(NC(=O)OC(C)(C)C)C(=O)OCC)C(C)(C)[C@@H]5CC[C@]43C)[C@@H]12. The summed E-state index contributed by atoms with van der Waals surface area (Å²) in [5, 5.41) is 7.11. The van der Waals surface area contributed by atoms with E-state index in [1.165, 1.54) is 62.5 Å². The van der Waals surface area contributed by atoms with Gasteiger partial charge in [-0.1, -0.05) is 65.0 Å². The van der Waals surface area contributed by atoms with Gasteiger partial charge in [0.15, 0.2) is 9.84 Å². The summed E-state index contributed by atoms with van der Waals surface area (Å²) in [7, 11) is -2.88. The third-order valence-electron chi connectivity index (χ3n) is 17.9. The molecule has 0 aromatic rings. The van der Waals surface area contributed by atoms with Crippen molar-refractivity contribution < 1.29 is 27.5 Å². The van der Waals surface area contributed by atoms with Crippen LogP contribution < -0.4 is 10.6 Å². The van der Waals surface area contributed by atoms with Gasteiger partial charge in [0.05, 0.1) is 18.1 Å². The summed E-state index contributed by atoms with van der Waals surface area (Å²) in [6, 6.07) is 0. The van der Waals surface area contributed by atoms with Crippen LogP contribution in [0.2, 0.25) is 0 Å². The molecule has 1 heterocycles. The number of alkyl carbamates (subject to hydrolysis) is 1. The Morgan fingerprint density at radius 1 is 0.966 bits per heavy atom. The summed E-state index contributed by atoms with van der Waals surface area (Å²) in [4.78, 5) is 28.4. The highest BCUT2D eigenvalue weighted by Crippen LogP contribution is 2.76. The van der Waals surface area contributed by atoms with Gasteiger partial charge in [-0.15, -0.1) is 0 Å². The third-order valence-corrected chi connectivity index (χ3v) is 19.5. The zero-order valence-electron chi connectivity index (χ0n) is 37.7. The van der Waals surface area contributed by atoms with Crippen LogP contribution in [0.5, 0.6) is 0 Å². The fourth-order valence-electron chi connectivity index (χ4n) is 14.7. The molecule has 6 fully saturated rings. The van der Waals surface area contributed by atoms with Crippen LogP contribution in [-0.4, -0.2) is 86.4 Å². The largest absolute Gasteiger partial charge is 0.464 e. The first kappa shape index (κ1) is 43.9. The van der Waals surface area contributed by atoms with Gasteiger partial charge in [0.25, 0.3) is 0 Å². The van der Waals surface area contributed by atoms with Gasteiger partial charge < -0.3 is 25.0 Å². The topological polar surface area (TPSA) is 114 Å². The molecule has 10 heteroatoms. The molecule has 0 bridgehead atoms. The number of hydrogen-bond donors (Lipinski definition) is 2. The van der Waals surface area contributed by atoms with Crippen LogP contribution in [0.3, 0.4) is 0 Å². The Labute approximate surface area is 351 Å². The van der Waals surface area contributed by atoms with Gasteiger partial charge in [-0.05, 0) is 156 Å². The molecular formula is C48H77N3O6S. The van der Waals surface area contributed by atoms with Crippen LogP contribution in [0.15, 0.2) is 36.0 Å². The average molecular weight is 824 g/mol. The second-order valence-electron chi connectivity index (χ2n) is 22.3. The maximum Gasteiger partial charge on any atom is 0.408 e. The average Bonchev–Trinajstić information content (AvgIpc) is 3.67. The van der Waals surface area contributed by atoms with E-state index >= 15 is 0 Å². The summed E-state index contributed by atoms with van der Waals surface area (Å²) in [5.41, 5.74) is 1.72. The van der Waals surface area contributed by atoms with Crippen molar-refractivity contribution in [3.8, 4) is 0 Å². The molecule has 1 amide bonds. The van der Waals surface area contributed by atoms with Gasteiger partial charge in [0.1, 0.15) is 11.1 Å². The summed E-state index contributed by atoms with van der Waals surface area (Å²) in [6.07, 6.45) is 17.8. The fourth-order valence-corrected chi connectivity index (χ4v) is 16.0. The Morgan fingerprint density at radius 3 is 2.33 bits per heavy atom. The van der Waals surface area contributed by atoms with E-state index in [1.54, 1.807) is 6.92 Å². The molecule has 58 heavy (non-hydrogen) atoms. The predicted molar refractivity (Wildman–Crippen MR) is 232 cm³/mol. The molecule has 7 aliphatic rings. The van der Waals surface area contributed by atoms with E-state index in [9.17, 15) is 18.0 Å². The standard InChI is InChI=1S/C48H77N3O6S/c1-12-56-40(52)48(50-41(53)57-42(4,5)6)31-34(48)14-13-33-17-20-44(9)37(43(33,7)8)19-21-46(11)38(44)16-15-36-39-35(32(2)3)18-22-47(39,24-23-45(36,46)10)49-25-26-51-27-29-58(54,55)30-28-51/h13-14,17,34-39,49H,2,12,15-16,18-31H2,1,3-11H3,(H,50,53)/b14-13+/t34?,35-,36+,37-,38+,39+,44-,45+,46+,47-,48?/m0/s1. The van der Waals surface area contributed by atoms with Crippen LogP contribution in [0.1, 0.15) is 133 Å². The van der Waals surface area contributed by atoms with Crippen LogP contribution in [0.25, 0.3) is 0 Å². The van der Waals surface area contributed by atoms with Crippen molar-refractivity contribution in [1.82, 2.24) is 15.5 Å². The molecule has 0 radical (unpaired) electrons. The lowest BCUT2D eigenvalue weighted by atomic mass is 9.33. The van der Waals surface area contributed by atoms with Crippen molar-refractivity contribution >= 4 is 21.9 Å². The number of rotatable bonds is 10. The monoisotopic (exact) mass is 824 g/mol. The number of fused-ring (bicyclic) bond motifs is 7. The van der Waals surface area contributed by atoms with Crippen molar-refractivity contribution in [2.75, 3.05) is 44.3 Å².